The summed E-state index contributed by atoms with van der Waals surface area (Å²) in [4.78, 5) is 38.5. The van der Waals surface area contributed by atoms with Crippen molar-refractivity contribution in [2.45, 2.75) is 19.8 Å². The first-order valence-electron chi connectivity index (χ1n) is 10.3. The summed E-state index contributed by atoms with van der Waals surface area (Å²) in [7, 11) is 0. The Kier molecular flexibility index (Phi) is 6.02. The molecule has 0 bridgehead atoms. The van der Waals surface area contributed by atoms with Crippen molar-refractivity contribution in [2.75, 3.05) is 25.0 Å². The molecule has 1 fully saturated rings. The predicted octanol–water partition coefficient (Wildman–Crippen LogP) is 3.36. The lowest BCUT2D eigenvalue weighted by Gasteiger charge is -2.32. The summed E-state index contributed by atoms with van der Waals surface area (Å²) in [5.41, 5.74) is 1.57. The van der Waals surface area contributed by atoms with E-state index in [1.807, 2.05) is 37.3 Å². The van der Waals surface area contributed by atoms with E-state index >= 15 is 0 Å². The SMILES string of the molecule is Cc1cc(=O)oc2cc(OCC(=O)N3CCCC(C(=O)Nc4ccccc4)C3)ccc12. The summed E-state index contributed by atoms with van der Waals surface area (Å²) >= 11 is 0. The van der Waals surface area contributed by atoms with Gasteiger partial charge in [-0.25, -0.2) is 4.79 Å². The maximum absolute atomic E-state index is 12.7. The number of fused-ring (bicyclic) bond motifs is 1. The Bertz CT molecular complexity index is 1160. The van der Waals surface area contributed by atoms with Gasteiger partial charge in [-0.15, -0.1) is 0 Å². The summed E-state index contributed by atoms with van der Waals surface area (Å²) in [5.74, 6) is -0.0617. The maximum Gasteiger partial charge on any atom is 0.336 e. The van der Waals surface area contributed by atoms with Crippen LogP contribution in [-0.4, -0.2) is 36.4 Å². The summed E-state index contributed by atoms with van der Waals surface area (Å²) in [6, 6.07) is 15.9. The Morgan fingerprint density at radius 3 is 2.77 bits per heavy atom. The number of rotatable bonds is 5. The van der Waals surface area contributed by atoms with Gasteiger partial charge in [-0.3, -0.25) is 9.59 Å². The number of anilines is 1. The van der Waals surface area contributed by atoms with Gasteiger partial charge < -0.3 is 19.4 Å². The molecule has 31 heavy (non-hydrogen) atoms. The zero-order valence-corrected chi connectivity index (χ0v) is 17.3. The first kappa shape index (κ1) is 20.7. The molecule has 1 saturated heterocycles. The van der Waals surface area contributed by atoms with Gasteiger partial charge in [0.15, 0.2) is 6.61 Å². The lowest BCUT2D eigenvalue weighted by molar-refractivity contribution is -0.136. The largest absolute Gasteiger partial charge is 0.484 e. The van der Waals surface area contributed by atoms with E-state index in [0.29, 0.717) is 24.4 Å². The molecule has 1 atom stereocenters. The second-order valence-corrected chi connectivity index (χ2v) is 7.73. The Balaban J connectivity index is 1.35. The van der Waals surface area contributed by atoms with Gasteiger partial charge in [0, 0.05) is 36.3 Å². The summed E-state index contributed by atoms with van der Waals surface area (Å²) in [5, 5.41) is 3.73. The lowest BCUT2D eigenvalue weighted by Crippen LogP contribution is -2.45. The van der Waals surface area contributed by atoms with Crippen molar-refractivity contribution in [2.24, 2.45) is 5.92 Å². The Morgan fingerprint density at radius 2 is 1.97 bits per heavy atom. The molecular formula is C24H24N2O5. The number of amides is 2. The number of nitrogens with one attached hydrogen (secondary N) is 1. The number of carbonyl (C=O) groups is 2. The fraction of sp³-hybridized carbons (Fsp3) is 0.292. The first-order valence-corrected chi connectivity index (χ1v) is 10.3. The molecule has 2 amide bonds. The average Bonchev–Trinajstić information content (AvgIpc) is 2.78. The highest BCUT2D eigenvalue weighted by Gasteiger charge is 2.28. The predicted molar refractivity (Wildman–Crippen MR) is 117 cm³/mol. The van der Waals surface area contributed by atoms with E-state index in [-0.39, 0.29) is 24.3 Å². The molecule has 4 rings (SSSR count). The van der Waals surface area contributed by atoms with Crippen molar-refractivity contribution < 1.29 is 18.7 Å². The molecule has 1 aromatic heterocycles. The Labute approximate surface area is 179 Å². The summed E-state index contributed by atoms with van der Waals surface area (Å²) < 4.78 is 10.9. The number of hydrogen-bond donors (Lipinski definition) is 1. The maximum atomic E-state index is 12.7. The van der Waals surface area contributed by atoms with Crippen LogP contribution in [0.15, 0.2) is 63.8 Å². The van der Waals surface area contributed by atoms with E-state index < -0.39 is 5.63 Å². The van der Waals surface area contributed by atoms with Crippen LogP contribution < -0.4 is 15.7 Å². The molecule has 3 aromatic rings. The van der Waals surface area contributed by atoms with Crippen molar-refractivity contribution in [1.29, 1.82) is 0 Å². The third-order valence-electron chi connectivity index (χ3n) is 5.47. The van der Waals surface area contributed by atoms with Crippen LogP contribution in [0.1, 0.15) is 18.4 Å². The fourth-order valence-electron chi connectivity index (χ4n) is 3.81. The van der Waals surface area contributed by atoms with Gasteiger partial charge in [0.25, 0.3) is 5.91 Å². The number of nitrogens with zero attached hydrogens (tertiary/aromatic N) is 1. The van der Waals surface area contributed by atoms with Crippen molar-refractivity contribution >= 4 is 28.5 Å². The second kappa shape index (κ2) is 9.04. The van der Waals surface area contributed by atoms with Crippen LogP contribution in [0.4, 0.5) is 5.69 Å². The molecule has 0 spiro atoms. The highest BCUT2D eigenvalue weighted by molar-refractivity contribution is 5.93. The minimum Gasteiger partial charge on any atom is -0.484 e. The molecule has 1 unspecified atom stereocenters. The quantitative estimate of drug-likeness (QED) is 0.640. The minimum atomic E-state index is -0.425. The number of ether oxygens (including phenoxy) is 1. The fourth-order valence-corrected chi connectivity index (χ4v) is 3.81. The smallest absolute Gasteiger partial charge is 0.336 e. The topological polar surface area (TPSA) is 88.8 Å². The van der Waals surface area contributed by atoms with Crippen molar-refractivity contribution in [1.82, 2.24) is 4.90 Å². The summed E-state index contributed by atoms with van der Waals surface area (Å²) in [6.07, 6.45) is 1.51. The first-order chi connectivity index (χ1) is 15.0. The van der Waals surface area contributed by atoms with E-state index in [1.54, 1.807) is 23.1 Å². The molecule has 2 heterocycles. The molecule has 0 aliphatic carbocycles. The molecular weight excluding hydrogens is 396 g/mol. The molecule has 160 valence electrons. The molecule has 1 aliphatic heterocycles. The zero-order chi connectivity index (χ0) is 21.8. The molecule has 2 aromatic carbocycles. The van der Waals surface area contributed by atoms with E-state index in [2.05, 4.69) is 5.32 Å². The highest BCUT2D eigenvalue weighted by Crippen LogP contribution is 2.23. The normalized spacial score (nSPS) is 16.2. The lowest BCUT2D eigenvalue weighted by atomic mass is 9.97. The number of benzene rings is 2. The second-order valence-electron chi connectivity index (χ2n) is 7.73. The monoisotopic (exact) mass is 420 g/mol. The van der Waals surface area contributed by atoms with Gasteiger partial charge in [0.2, 0.25) is 5.91 Å². The van der Waals surface area contributed by atoms with Gasteiger partial charge in [-0.2, -0.15) is 0 Å². The highest BCUT2D eigenvalue weighted by atomic mass is 16.5. The third-order valence-corrected chi connectivity index (χ3v) is 5.47. The van der Waals surface area contributed by atoms with E-state index in [0.717, 1.165) is 29.5 Å². The number of para-hydroxylation sites is 1. The number of aryl methyl sites for hydroxylation is 1. The summed E-state index contributed by atoms with van der Waals surface area (Å²) in [6.45, 7) is 2.66. The van der Waals surface area contributed by atoms with Crippen LogP contribution in [-0.2, 0) is 9.59 Å². The van der Waals surface area contributed by atoms with Crippen LogP contribution >= 0.6 is 0 Å². The van der Waals surface area contributed by atoms with E-state index in [1.165, 1.54) is 6.07 Å². The number of piperidine rings is 1. The number of hydrogen-bond acceptors (Lipinski definition) is 5. The van der Waals surface area contributed by atoms with E-state index in [4.69, 9.17) is 9.15 Å². The van der Waals surface area contributed by atoms with Crippen LogP contribution in [0.2, 0.25) is 0 Å². The molecule has 7 nitrogen and oxygen atoms in total. The van der Waals surface area contributed by atoms with Crippen molar-refractivity contribution in [3.05, 3.63) is 70.6 Å². The van der Waals surface area contributed by atoms with Gasteiger partial charge in [-0.05, 0) is 49.6 Å². The minimum absolute atomic E-state index is 0.0791. The molecule has 7 heteroatoms. The zero-order valence-electron chi connectivity index (χ0n) is 17.3. The molecule has 0 saturated carbocycles. The van der Waals surface area contributed by atoms with Gasteiger partial charge in [-0.1, -0.05) is 18.2 Å². The van der Waals surface area contributed by atoms with Crippen LogP contribution in [0.3, 0.4) is 0 Å². The van der Waals surface area contributed by atoms with E-state index in [9.17, 15) is 14.4 Å². The van der Waals surface area contributed by atoms with Gasteiger partial charge in [0.05, 0.1) is 5.92 Å². The van der Waals surface area contributed by atoms with Crippen molar-refractivity contribution in [3.63, 3.8) is 0 Å². The number of carbonyl (C=O) groups excluding carboxylic acids is 2. The van der Waals surface area contributed by atoms with Crippen LogP contribution in [0, 0.1) is 12.8 Å². The van der Waals surface area contributed by atoms with Crippen LogP contribution in [0.5, 0.6) is 5.75 Å². The number of likely N-dealkylation sites (tertiary alicyclic amines) is 1. The standard InChI is InChI=1S/C24H24N2O5/c1-16-12-23(28)31-21-13-19(9-10-20(16)21)30-15-22(27)26-11-5-6-17(14-26)24(29)25-18-7-3-2-4-8-18/h2-4,7-10,12-13,17H,5-6,11,14-15H2,1H3,(H,25,29). The van der Waals surface area contributed by atoms with Gasteiger partial charge in [0.1, 0.15) is 11.3 Å². The van der Waals surface area contributed by atoms with Gasteiger partial charge >= 0.3 is 5.63 Å². The molecule has 1 aliphatic rings. The Morgan fingerprint density at radius 1 is 1.16 bits per heavy atom. The average molecular weight is 420 g/mol. The third kappa shape index (κ3) is 4.94. The van der Waals surface area contributed by atoms with Crippen LogP contribution in [0.25, 0.3) is 11.0 Å². The molecule has 1 N–H and O–H groups in total. The molecule has 0 radical (unpaired) electrons. The van der Waals surface area contributed by atoms with Crippen molar-refractivity contribution in [3.8, 4) is 5.75 Å². The Hall–Kier alpha value is -3.61.